The normalized spacial score (nSPS) is 23.0. The number of hydrogen-bond donors (Lipinski definition) is 2. The summed E-state index contributed by atoms with van der Waals surface area (Å²) in [5.41, 5.74) is 4.80. The zero-order valence-corrected chi connectivity index (χ0v) is 14.6. The van der Waals surface area contributed by atoms with Crippen molar-refractivity contribution in [2.75, 3.05) is 20.2 Å². The molecule has 22 heavy (non-hydrogen) atoms. The summed E-state index contributed by atoms with van der Waals surface area (Å²) in [5.74, 6) is 0.827. The fourth-order valence-electron chi connectivity index (χ4n) is 3.21. The highest BCUT2D eigenvalue weighted by atomic mass is 16.5. The molecule has 0 amide bonds. The highest BCUT2D eigenvalue weighted by molar-refractivity contribution is 5.29. The zero-order valence-electron chi connectivity index (χ0n) is 14.6. The van der Waals surface area contributed by atoms with Gasteiger partial charge in [-0.25, -0.2) is 5.48 Å². The molecule has 0 bridgehead atoms. The lowest BCUT2D eigenvalue weighted by Crippen LogP contribution is -2.43. The standard InChI is InChI=1S/C18H32N2O2/c1-6-18(22-5)15(3)11-14(2)13-20-10-8-7-9-17(20)12-16(4)19-21/h6,11,16-17,19,21H,1,7-10,12-13H2,2-5H3/b14-11+,18-15+/t16-,17?/m0/s1. The van der Waals surface area contributed by atoms with Crippen molar-refractivity contribution in [3.05, 3.63) is 35.6 Å². The van der Waals surface area contributed by atoms with Crippen molar-refractivity contribution >= 4 is 0 Å². The number of piperidine rings is 1. The molecule has 2 atom stereocenters. The van der Waals surface area contributed by atoms with E-state index in [0.29, 0.717) is 6.04 Å². The van der Waals surface area contributed by atoms with Crippen molar-refractivity contribution in [3.8, 4) is 0 Å². The van der Waals surface area contributed by atoms with Crippen LogP contribution >= 0.6 is 0 Å². The van der Waals surface area contributed by atoms with Crippen LogP contribution in [0.1, 0.15) is 46.5 Å². The maximum absolute atomic E-state index is 9.06. The Bertz CT molecular complexity index is 415. The Labute approximate surface area is 135 Å². The van der Waals surface area contributed by atoms with Crippen LogP contribution in [-0.4, -0.2) is 42.4 Å². The topological polar surface area (TPSA) is 44.7 Å². The molecule has 0 aromatic carbocycles. The lowest BCUT2D eigenvalue weighted by atomic mass is 9.96. The van der Waals surface area contributed by atoms with Crippen molar-refractivity contribution in [1.82, 2.24) is 10.4 Å². The zero-order chi connectivity index (χ0) is 16.5. The first-order chi connectivity index (χ1) is 10.5. The van der Waals surface area contributed by atoms with Crippen LogP contribution in [0.15, 0.2) is 35.6 Å². The molecule has 1 saturated heterocycles. The van der Waals surface area contributed by atoms with E-state index >= 15 is 0 Å². The smallest absolute Gasteiger partial charge is 0.121 e. The van der Waals surface area contributed by atoms with Gasteiger partial charge in [0.1, 0.15) is 5.76 Å². The second kappa shape index (κ2) is 9.82. The average Bonchev–Trinajstić information content (AvgIpc) is 2.50. The quantitative estimate of drug-likeness (QED) is 0.408. The number of likely N-dealkylation sites (tertiary alicyclic amines) is 1. The molecule has 0 saturated carbocycles. The largest absolute Gasteiger partial charge is 0.497 e. The maximum atomic E-state index is 9.06. The highest BCUT2D eigenvalue weighted by Gasteiger charge is 2.23. The first-order valence-corrected chi connectivity index (χ1v) is 8.20. The van der Waals surface area contributed by atoms with Crippen LogP contribution in [0.25, 0.3) is 0 Å². The number of nitrogens with one attached hydrogen (secondary N) is 1. The number of hydrogen-bond acceptors (Lipinski definition) is 4. The number of methoxy groups -OCH3 is 1. The molecule has 0 aromatic heterocycles. The summed E-state index contributed by atoms with van der Waals surface area (Å²) < 4.78 is 5.31. The van der Waals surface area contributed by atoms with Gasteiger partial charge in [0.2, 0.25) is 0 Å². The van der Waals surface area contributed by atoms with Crippen molar-refractivity contribution in [1.29, 1.82) is 0 Å². The second-order valence-electron chi connectivity index (χ2n) is 6.33. The third kappa shape index (κ3) is 5.95. The molecule has 4 heteroatoms. The van der Waals surface area contributed by atoms with Crippen molar-refractivity contribution < 1.29 is 9.94 Å². The van der Waals surface area contributed by atoms with Crippen LogP contribution in [0.5, 0.6) is 0 Å². The number of allylic oxidation sites excluding steroid dienone is 3. The van der Waals surface area contributed by atoms with Gasteiger partial charge in [-0.3, -0.25) is 4.90 Å². The first-order valence-electron chi connectivity index (χ1n) is 8.20. The van der Waals surface area contributed by atoms with Crippen molar-refractivity contribution in [2.24, 2.45) is 0 Å². The van der Waals surface area contributed by atoms with Crippen LogP contribution in [-0.2, 0) is 4.74 Å². The molecule has 1 rings (SSSR count). The minimum atomic E-state index is 0.136. The van der Waals surface area contributed by atoms with E-state index in [-0.39, 0.29) is 6.04 Å². The van der Waals surface area contributed by atoms with Gasteiger partial charge < -0.3 is 9.94 Å². The van der Waals surface area contributed by atoms with Crippen molar-refractivity contribution in [2.45, 2.75) is 58.5 Å². The van der Waals surface area contributed by atoms with Gasteiger partial charge in [-0.1, -0.05) is 24.6 Å². The molecule has 126 valence electrons. The van der Waals surface area contributed by atoms with E-state index in [2.05, 4.69) is 36.9 Å². The van der Waals surface area contributed by atoms with Gasteiger partial charge in [0, 0.05) is 18.6 Å². The summed E-state index contributed by atoms with van der Waals surface area (Å²) in [4.78, 5) is 2.54. The van der Waals surface area contributed by atoms with Crippen LogP contribution in [0.3, 0.4) is 0 Å². The summed E-state index contributed by atoms with van der Waals surface area (Å²) >= 11 is 0. The molecule has 1 aliphatic heterocycles. The number of hydroxylamine groups is 1. The van der Waals surface area contributed by atoms with Crippen LogP contribution in [0, 0.1) is 0 Å². The van der Waals surface area contributed by atoms with Gasteiger partial charge >= 0.3 is 0 Å². The molecular weight excluding hydrogens is 276 g/mol. The van der Waals surface area contributed by atoms with Gasteiger partial charge in [0.05, 0.1) is 7.11 Å². The Hall–Kier alpha value is -1.10. The van der Waals surface area contributed by atoms with Crippen LogP contribution in [0.2, 0.25) is 0 Å². The molecule has 0 spiro atoms. The molecule has 1 heterocycles. The summed E-state index contributed by atoms with van der Waals surface area (Å²) in [5, 5.41) is 9.06. The summed E-state index contributed by atoms with van der Waals surface area (Å²) in [7, 11) is 1.67. The van der Waals surface area contributed by atoms with Gasteiger partial charge in [-0.15, -0.1) is 0 Å². The van der Waals surface area contributed by atoms with Gasteiger partial charge in [0.15, 0.2) is 0 Å². The molecule has 2 N–H and O–H groups in total. The average molecular weight is 308 g/mol. The minimum absolute atomic E-state index is 0.136. The monoisotopic (exact) mass is 308 g/mol. The SMILES string of the molecule is C=C/C(OC)=C(C)\C=C(/C)CN1CCCCC1C[C@H](C)NO. The third-order valence-electron chi connectivity index (χ3n) is 4.30. The van der Waals surface area contributed by atoms with E-state index in [9.17, 15) is 0 Å². The number of rotatable bonds is 8. The van der Waals surface area contributed by atoms with E-state index in [0.717, 1.165) is 30.8 Å². The molecule has 1 aliphatic rings. The molecule has 4 nitrogen and oxygen atoms in total. The molecule has 1 unspecified atom stereocenters. The van der Waals surface area contributed by atoms with E-state index in [1.54, 1.807) is 13.2 Å². The highest BCUT2D eigenvalue weighted by Crippen LogP contribution is 2.22. The fourth-order valence-corrected chi connectivity index (χ4v) is 3.21. The molecule has 0 aliphatic carbocycles. The summed E-state index contributed by atoms with van der Waals surface area (Å²) in [6, 6.07) is 0.676. The maximum Gasteiger partial charge on any atom is 0.121 e. The summed E-state index contributed by atoms with van der Waals surface area (Å²) in [6.45, 7) is 12.1. The predicted molar refractivity (Wildman–Crippen MR) is 91.9 cm³/mol. The Morgan fingerprint density at radius 2 is 2.18 bits per heavy atom. The molecular formula is C18H32N2O2. The van der Waals surface area contributed by atoms with Gasteiger partial charge in [-0.2, -0.15) is 0 Å². The van der Waals surface area contributed by atoms with E-state index in [4.69, 9.17) is 9.94 Å². The van der Waals surface area contributed by atoms with Crippen molar-refractivity contribution in [3.63, 3.8) is 0 Å². The molecule has 0 radical (unpaired) electrons. The van der Waals surface area contributed by atoms with E-state index in [1.807, 2.05) is 6.92 Å². The lowest BCUT2D eigenvalue weighted by Gasteiger charge is -2.37. The van der Waals surface area contributed by atoms with E-state index in [1.165, 1.54) is 24.8 Å². The summed E-state index contributed by atoms with van der Waals surface area (Å²) in [6.07, 6.45) is 8.66. The first kappa shape index (κ1) is 18.9. The molecule has 1 fully saturated rings. The lowest BCUT2D eigenvalue weighted by molar-refractivity contribution is 0.0902. The molecule has 0 aromatic rings. The number of ether oxygens (including phenoxy) is 1. The van der Waals surface area contributed by atoms with Crippen LogP contribution in [0.4, 0.5) is 0 Å². The predicted octanol–water partition coefficient (Wildman–Crippen LogP) is 3.65. The van der Waals surface area contributed by atoms with E-state index < -0.39 is 0 Å². The Morgan fingerprint density at radius 3 is 2.77 bits per heavy atom. The Morgan fingerprint density at radius 1 is 1.45 bits per heavy atom. The van der Waals surface area contributed by atoms with Gasteiger partial charge in [-0.05, 0) is 58.2 Å². The Kier molecular flexibility index (Phi) is 8.46. The second-order valence-corrected chi connectivity index (χ2v) is 6.33. The van der Waals surface area contributed by atoms with Gasteiger partial charge in [0.25, 0.3) is 0 Å². The Balaban J connectivity index is 2.72. The fraction of sp³-hybridized carbons (Fsp3) is 0.667. The minimum Gasteiger partial charge on any atom is -0.497 e. The third-order valence-corrected chi connectivity index (χ3v) is 4.30. The van der Waals surface area contributed by atoms with Crippen LogP contribution < -0.4 is 5.48 Å². The number of nitrogens with zero attached hydrogens (tertiary/aromatic N) is 1.